The van der Waals surface area contributed by atoms with Crippen molar-refractivity contribution in [1.29, 1.82) is 0 Å². The molecule has 0 saturated carbocycles. The van der Waals surface area contributed by atoms with E-state index in [-0.39, 0.29) is 0 Å². The van der Waals surface area contributed by atoms with Gasteiger partial charge in [-0.2, -0.15) is 0 Å². The quantitative estimate of drug-likeness (QED) is 0.581. The van der Waals surface area contributed by atoms with Crippen LogP contribution in [0.4, 0.5) is 0 Å². The van der Waals surface area contributed by atoms with Crippen LogP contribution in [0, 0.1) is 13.8 Å². The molecule has 3 aromatic rings. The zero-order valence-corrected chi connectivity index (χ0v) is 17.7. The Morgan fingerprint density at radius 1 is 0.967 bits per heavy atom. The fraction of sp³-hybridized carbons (Fsp3) is 0.346. The van der Waals surface area contributed by atoms with Gasteiger partial charge in [-0.1, -0.05) is 24.3 Å². The maximum Gasteiger partial charge on any atom is 0.161 e. The maximum absolute atomic E-state index is 5.81. The van der Waals surface area contributed by atoms with E-state index in [9.17, 15) is 0 Å². The van der Waals surface area contributed by atoms with Crippen molar-refractivity contribution < 1.29 is 9.47 Å². The molecular weight excluding hydrogens is 372 g/mol. The SMILES string of the molecule is Cc1cc(-c2cnccc2C)ccc1CN1CCC[C@@H]1c1ccc2c(c1)OCCO2. The number of pyridine rings is 1. The lowest BCUT2D eigenvalue weighted by atomic mass is 9.97. The number of rotatable bonds is 4. The third kappa shape index (κ3) is 3.68. The Labute approximate surface area is 178 Å². The minimum atomic E-state index is 0.431. The van der Waals surface area contributed by atoms with Crippen LogP contribution >= 0.6 is 0 Å². The molecule has 1 saturated heterocycles. The van der Waals surface area contributed by atoms with E-state index >= 15 is 0 Å². The van der Waals surface area contributed by atoms with Crippen molar-refractivity contribution in [2.45, 2.75) is 39.3 Å². The topological polar surface area (TPSA) is 34.6 Å². The number of aryl methyl sites for hydroxylation is 2. The number of hydrogen-bond acceptors (Lipinski definition) is 4. The first-order valence-electron chi connectivity index (χ1n) is 10.8. The lowest BCUT2D eigenvalue weighted by Gasteiger charge is -2.27. The molecule has 0 bridgehead atoms. The molecule has 2 aliphatic heterocycles. The van der Waals surface area contributed by atoms with Crippen molar-refractivity contribution in [2.75, 3.05) is 19.8 Å². The molecule has 0 unspecified atom stereocenters. The first-order chi connectivity index (χ1) is 14.7. The lowest BCUT2D eigenvalue weighted by molar-refractivity contribution is 0.170. The molecule has 0 radical (unpaired) electrons. The molecule has 0 N–H and O–H groups in total. The van der Waals surface area contributed by atoms with E-state index in [0.29, 0.717) is 19.3 Å². The van der Waals surface area contributed by atoms with Gasteiger partial charge in [0.25, 0.3) is 0 Å². The van der Waals surface area contributed by atoms with E-state index in [4.69, 9.17) is 9.47 Å². The van der Waals surface area contributed by atoms with Crippen LogP contribution in [0.1, 0.15) is 41.1 Å². The van der Waals surface area contributed by atoms with Gasteiger partial charge in [-0.3, -0.25) is 9.88 Å². The Bertz CT molecular complexity index is 1060. The number of hydrogen-bond donors (Lipinski definition) is 0. The first-order valence-corrected chi connectivity index (χ1v) is 10.8. The van der Waals surface area contributed by atoms with Crippen LogP contribution in [-0.4, -0.2) is 29.6 Å². The summed E-state index contributed by atoms with van der Waals surface area (Å²) in [5.41, 5.74) is 7.77. The number of fused-ring (bicyclic) bond motifs is 1. The summed E-state index contributed by atoms with van der Waals surface area (Å²) in [5, 5.41) is 0. The molecule has 154 valence electrons. The summed E-state index contributed by atoms with van der Waals surface area (Å²) >= 11 is 0. The highest BCUT2D eigenvalue weighted by atomic mass is 16.6. The standard InChI is InChI=1S/C26H28N2O2/c1-18-9-10-27-16-23(18)20-5-6-22(19(2)14-20)17-28-11-3-4-24(28)21-7-8-25-26(15-21)30-13-12-29-25/h5-10,14-16,24H,3-4,11-13,17H2,1-2H3/t24-/m1/s1. The van der Waals surface area contributed by atoms with Crippen molar-refractivity contribution in [3.8, 4) is 22.6 Å². The van der Waals surface area contributed by atoms with Gasteiger partial charge in [-0.25, -0.2) is 0 Å². The van der Waals surface area contributed by atoms with Gasteiger partial charge in [0.15, 0.2) is 11.5 Å². The van der Waals surface area contributed by atoms with Crippen LogP contribution in [0.2, 0.25) is 0 Å². The van der Waals surface area contributed by atoms with Gasteiger partial charge in [0.2, 0.25) is 0 Å². The molecule has 5 rings (SSSR count). The zero-order chi connectivity index (χ0) is 20.5. The van der Waals surface area contributed by atoms with Crippen LogP contribution < -0.4 is 9.47 Å². The Morgan fingerprint density at radius 3 is 2.67 bits per heavy atom. The molecule has 0 aliphatic carbocycles. The maximum atomic E-state index is 5.81. The minimum Gasteiger partial charge on any atom is -0.486 e. The Balaban J connectivity index is 1.37. The summed E-state index contributed by atoms with van der Waals surface area (Å²) in [6, 6.07) is 15.8. The van der Waals surface area contributed by atoms with Crippen molar-refractivity contribution >= 4 is 0 Å². The van der Waals surface area contributed by atoms with Crippen LogP contribution in [0.3, 0.4) is 0 Å². The van der Waals surface area contributed by atoms with Gasteiger partial charge in [0.1, 0.15) is 13.2 Å². The van der Waals surface area contributed by atoms with E-state index in [0.717, 1.165) is 24.6 Å². The first kappa shape index (κ1) is 19.1. The molecule has 1 atom stereocenters. The molecule has 2 aliphatic rings. The number of likely N-dealkylation sites (tertiary alicyclic amines) is 1. The van der Waals surface area contributed by atoms with Crippen molar-refractivity contribution in [2.24, 2.45) is 0 Å². The second kappa shape index (κ2) is 8.11. The van der Waals surface area contributed by atoms with Crippen LogP contribution in [-0.2, 0) is 6.54 Å². The summed E-state index contributed by atoms with van der Waals surface area (Å²) < 4.78 is 11.5. The average Bonchev–Trinajstić information content (AvgIpc) is 3.23. The molecule has 30 heavy (non-hydrogen) atoms. The van der Waals surface area contributed by atoms with E-state index in [1.54, 1.807) is 0 Å². The van der Waals surface area contributed by atoms with Gasteiger partial charge in [0, 0.05) is 30.5 Å². The van der Waals surface area contributed by atoms with Crippen molar-refractivity contribution in [3.05, 3.63) is 77.1 Å². The number of ether oxygens (including phenoxy) is 2. The minimum absolute atomic E-state index is 0.431. The van der Waals surface area contributed by atoms with Crippen LogP contribution in [0.5, 0.6) is 11.5 Å². The van der Waals surface area contributed by atoms with Gasteiger partial charge in [-0.15, -0.1) is 0 Å². The molecule has 4 nitrogen and oxygen atoms in total. The lowest BCUT2D eigenvalue weighted by Crippen LogP contribution is -2.23. The predicted molar refractivity (Wildman–Crippen MR) is 119 cm³/mol. The van der Waals surface area contributed by atoms with Gasteiger partial charge in [0.05, 0.1) is 0 Å². The highest BCUT2D eigenvalue weighted by Gasteiger charge is 2.27. The molecular formula is C26H28N2O2. The fourth-order valence-electron chi connectivity index (χ4n) is 4.69. The molecule has 1 fully saturated rings. The highest BCUT2D eigenvalue weighted by Crippen LogP contribution is 2.39. The normalized spacial score (nSPS) is 18.5. The van der Waals surface area contributed by atoms with E-state index < -0.39 is 0 Å². The van der Waals surface area contributed by atoms with E-state index in [1.807, 2.05) is 12.4 Å². The summed E-state index contributed by atoms with van der Waals surface area (Å²) in [4.78, 5) is 6.90. The second-order valence-corrected chi connectivity index (χ2v) is 8.36. The molecule has 4 heteroatoms. The summed E-state index contributed by atoms with van der Waals surface area (Å²) in [5.74, 6) is 1.75. The van der Waals surface area contributed by atoms with Gasteiger partial charge in [-0.05, 0) is 79.3 Å². The molecule has 2 aromatic carbocycles. The van der Waals surface area contributed by atoms with E-state index in [2.05, 4.69) is 66.2 Å². The molecule has 1 aromatic heterocycles. The molecule has 0 amide bonds. The molecule has 3 heterocycles. The number of aromatic nitrogens is 1. The van der Waals surface area contributed by atoms with Crippen molar-refractivity contribution in [1.82, 2.24) is 9.88 Å². The Hall–Kier alpha value is -2.85. The highest BCUT2D eigenvalue weighted by molar-refractivity contribution is 5.67. The number of nitrogens with zero attached hydrogens (tertiary/aromatic N) is 2. The largest absolute Gasteiger partial charge is 0.486 e. The Morgan fingerprint density at radius 2 is 1.83 bits per heavy atom. The summed E-state index contributed by atoms with van der Waals surface area (Å²) in [7, 11) is 0. The van der Waals surface area contributed by atoms with Gasteiger partial charge >= 0.3 is 0 Å². The molecule has 0 spiro atoms. The third-order valence-electron chi connectivity index (χ3n) is 6.38. The number of benzene rings is 2. The smallest absolute Gasteiger partial charge is 0.161 e. The summed E-state index contributed by atoms with van der Waals surface area (Å²) in [6.45, 7) is 7.73. The van der Waals surface area contributed by atoms with Crippen LogP contribution in [0.15, 0.2) is 54.9 Å². The van der Waals surface area contributed by atoms with E-state index in [1.165, 1.54) is 46.2 Å². The predicted octanol–water partition coefficient (Wildman–Crippen LogP) is 5.47. The summed E-state index contributed by atoms with van der Waals surface area (Å²) in [6.07, 6.45) is 6.23. The zero-order valence-electron chi connectivity index (χ0n) is 17.7. The second-order valence-electron chi connectivity index (χ2n) is 8.36. The fourth-order valence-corrected chi connectivity index (χ4v) is 4.69. The van der Waals surface area contributed by atoms with Gasteiger partial charge < -0.3 is 9.47 Å². The average molecular weight is 401 g/mol. The Kier molecular flexibility index (Phi) is 5.17. The monoisotopic (exact) mass is 400 g/mol. The third-order valence-corrected chi connectivity index (χ3v) is 6.38. The van der Waals surface area contributed by atoms with Crippen LogP contribution in [0.25, 0.3) is 11.1 Å². The van der Waals surface area contributed by atoms with Crippen molar-refractivity contribution in [3.63, 3.8) is 0 Å².